The first-order valence-corrected chi connectivity index (χ1v) is 7.02. The molecule has 0 saturated carbocycles. The molecular weight excluding hydrogens is 237 g/mol. The number of hydrogen-bond donors (Lipinski definition) is 0. The van der Waals surface area contributed by atoms with Crippen molar-refractivity contribution in [2.24, 2.45) is 0 Å². The molecule has 2 heterocycles. The molecule has 1 aliphatic carbocycles. The molecule has 2 aromatic rings. The Kier molecular flexibility index (Phi) is 2.37. The quantitative estimate of drug-likeness (QED) is 0.699. The number of aromatic nitrogens is 1. The van der Waals surface area contributed by atoms with E-state index < -0.39 is 0 Å². The van der Waals surface area contributed by atoms with E-state index in [2.05, 4.69) is 29.0 Å². The Labute approximate surface area is 112 Å². The van der Waals surface area contributed by atoms with E-state index in [-0.39, 0.29) is 5.83 Å². The number of para-hydroxylation sites is 1. The van der Waals surface area contributed by atoms with Crippen LogP contribution in [-0.2, 0) is 13.0 Å². The first-order chi connectivity index (χ1) is 9.34. The first-order valence-electron chi connectivity index (χ1n) is 7.02. The minimum Gasteiger partial charge on any atom is -0.347 e. The van der Waals surface area contributed by atoms with Crippen molar-refractivity contribution in [1.29, 1.82) is 0 Å². The van der Waals surface area contributed by atoms with Gasteiger partial charge in [-0.25, -0.2) is 4.39 Å². The number of allylic oxidation sites excluding steroid dienone is 4. The van der Waals surface area contributed by atoms with Crippen LogP contribution in [-0.4, -0.2) is 4.57 Å². The number of nitrogens with zero attached hydrogens (tertiary/aromatic N) is 1. The molecule has 0 spiro atoms. The van der Waals surface area contributed by atoms with Gasteiger partial charge in [0, 0.05) is 29.3 Å². The van der Waals surface area contributed by atoms with E-state index in [1.165, 1.54) is 22.9 Å². The second-order valence-electron chi connectivity index (χ2n) is 5.40. The van der Waals surface area contributed by atoms with Gasteiger partial charge in [0.05, 0.1) is 5.52 Å². The third-order valence-electron chi connectivity index (χ3n) is 4.21. The molecule has 0 amide bonds. The molecule has 1 aliphatic heterocycles. The number of rotatable bonds is 1. The summed E-state index contributed by atoms with van der Waals surface area (Å²) in [6, 6.07) is 6.42. The van der Waals surface area contributed by atoms with Gasteiger partial charge in [0.2, 0.25) is 0 Å². The molecule has 0 fully saturated rings. The average Bonchev–Trinajstić information content (AvgIpc) is 2.81. The highest BCUT2D eigenvalue weighted by atomic mass is 19.1. The van der Waals surface area contributed by atoms with Gasteiger partial charge in [-0.2, -0.15) is 0 Å². The average molecular weight is 253 g/mol. The smallest absolute Gasteiger partial charge is 0.126 e. The normalized spacial score (nSPS) is 18.4. The van der Waals surface area contributed by atoms with Crippen LogP contribution in [0.15, 0.2) is 42.4 Å². The van der Waals surface area contributed by atoms with Crippen molar-refractivity contribution < 1.29 is 4.39 Å². The van der Waals surface area contributed by atoms with E-state index >= 15 is 0 Å². The molecule has 0 radical (unpaired) electrons. The summed E-state index contributed by atoms with van der Waals surface area (Å²) >= 11 is 0. The van der Waals surface area contributed by atoms with E-state index in [0.717, 1.165) is 36.9 Å². The van der Waals surface area contributed by atoms with Gasteiger partial charge in [-0.1, -0.05) is 24.3 Å². The van der Waals surface area contributed by atoms with Gasteiger partial charge in [0.1, 0.15) is 5.83 Å². The Morgan fingerprint density at radius 1 is 1.11 bits per heavy atom. The summed E-state index contributed by atoms with van der Waals surface area (Å²) in [5.41, 5.74) is 4.56. The zero-order chi connectivity index (χ0) is 12.8. The maximum absolute atomic E-state index is 14.1. The Morgan fingerprint density at radius 3 is 2.89 bits per heavy atom. The minimum atomic E-state index is -0.0602. The second kappa shape index (κ2) is 4.09. The molecule has 0 unspecified atom stereocenters. The molecule has 2 heteroatoms. The molecule has 2 aliphatic rings. The van der Waals surface area contributed by atoms with Gasteiger partial charge < -0.3 is 4.57 Å². The van der Waals surface area contributed by atoms with Crippen molar-refractivity contribution in [2.45, 2.75) is 32.2 Å². The summed E-state index contributed by atoms with van der Waals surface area (Å²) in [5.74, 6) is -0.0602. The lowest BCUT2D eigenvalue weighted by Gasteiger charge is -2.14. The van der Waals surface area contributed by atoms with Crippen molar-refractivity contribution in [2.75, 3.05) is 0 Å². The largest absolute Gasteiger partial charge is 0.347 e. The Bertz CT molecular complexity index is 718. The Balaban J connectivity index is 2.00. The zero-order valence-corrected chi connectivity index (χ0v) is 10.8. The van der Waals surface area contributed by atoms with Crippen LogP contribution < -0.4 is 0 Å². The van der Waals surface area contributed by atoms with E-state index in [9.17, 15) is 4.39 Å². The van der Waals surface area contributed by atoms with Gasteiger partial charge in [-0.15, -0.1) is 0 Å². The van der Waals surface area contributed by atoms with Crippen LogP contribution in [0.1, 0.15) is 30.4 Å². The standard InChI is InChI=1S/C17H16FN/c18-16-9-2-1-7-13(16)15-11-19-10-4-6-12-5-3-8-14(15)17(12)19/h3,5,7-9,11H,1-2,4,6,10H2. The van der Waals surface area contributed by atoms with E-state index in [4.69, 9.17) is 0 Å². The third kappa shape index (κ3) is 1.59. The fraction of sp³-hybridized carbons (Fsp3) is 0.294. The van der Waals surface area contributed by atoms with Gasteiger partial charge in [-0.05, 0) is 37.3 Å². The number of benzene rings is 1. The van der Waals surface area contributed by atoms with Crippen LogP contribution in [0.4, 0.5) is 4.39 Å². The molecule has 4 rings (SSSR count). The molecule has 96 valence electrons. The van der Waals surface area contributed by atoms with Crippen LogP contribution >= 0.6 is 0 Å². The molecule has 0 N–H and O–H groups in total. The number of halogens is 1. The Morgan fingerprint density at radius 2 is 2.00 bits per heavy atom. The van der Waals surface area contributed by atoms with Crippen molar-refractivity contribution in [3.63, 3.8) is 0 Å². The van der Waals surface area contributed by atoms with E-state index in [1.807, 2.05) is 6.08 Å². The Hall–Kier alpha value is -1.83. The SMILES string of the molecule is FC1=CCCC=C1c1cn2c3c(cccc13)CCC2. The molecule has 1 aromatic carbocycles. The van der Waals surface area contributed by atoms with Gasteiger partial charge in [0.15, 0.2) is 0 Å². The van der Waals surface area contributed by atoms with Gasteiger partial charge in [0.25, 0.3) is 0 Å². The molecule has 1 nitrogen and oxygen atoms in total. The molecule has 0 atom stereocenters. The fourth-order valence-corrected chi connectivity index (χ4v) is 3.35. The highest BCUT2D eigenvalue weighted by Crippen LogP contribution is 2.37. The summed E-state index contributed by atoms with van der Waals surface area (Å²) < 4.78 is 16.4. The highest BCUT2D eigenvalue weighted by Gasteiger charge is 2.20. The molecule has 19 heavy (non-hydrogen) atoms. The van der Waals surface area contributed by atoms with Crippen LogP contribution in [0.5, 0.6) is 0 Å². The summed E-state index contributed by atoms with van der Waals surface area (Å²) in [6.07, 6.45) is 9.96. The van der Waals surface area contributed by atoms with Crippen molar-refractivity contribution >= 4 is 16.5 Å². The summed E-state index contributed by atoms with van der Waals surface area (Å²) in [4.78, 5) is 0. The molecule has 0 bridgehead atoms. The monoisotopic (exact) mass is 253 g/mol. The lowest BCUT2D eigenvalue weighted by molar-refractivity contribution is 0.634. The third-order valence-corrected chi connectivity index (χ3v) is 4.21. The first kappa shape index (κ1) is 11.0. The maximum Gasteiger partial charge on any atom is 0.126 e. The fourth-order valence-electron chi connectivity index (χ4n) is 3.35. The lowest BCUT2D eigenvalue weighted by atomic mass is 9.96. The molecule has 0 saturated heterocycles. The summed E-state index contributed by atoms with van der Waals surface area (Å²) in [5, 5.41) is 1.20. The lowest BCUT2D eigenvalue weighted by Crippen LogP contribution is -2.05. The van der Waals surface area contributed by atoms with Crippen LogP contribution in [0.2, 0.25) is 0 Å². The zero-order valence-electron chi connectivity index (χ0n) is 10.8. The van der Waals surface area contributed by atoms with Crippen LogP contribution in [0.3, 0.4) is 0 Å². The highest BCUT2D eigenvalue weighted by molar-refractivity contribution is 5.98. The van der Waals surface area contributed by atoms with Crippen LogP contribution in [0, 0.1) is 0 Å². The topological polar surface area (TPSA) is 4.93 Å². The predicted molar refractivity (Wildman–Crippen MR) is 76.7 cm³/mol. The van der Waals surface area contributed by atoms with Crippen LogP contribution in [0.25, 0.3) is 16.5 Å². The van der Waals surface area contributed by atoms with E-state index in [1.54, 1.807) is 6.08 Å². The maximum atomic E-state index is 14.1. The predicted octanol–water partition coefficient (Wildman–Crippen LogP) is 4.62. The van der Waals surface area contributed by atoms with Gasteiger partial charge in [-0.3, -0.25) is 0 Å². The van der Waals surface area contributed by atoms with E-state index in [0.29, 0.717) is 0 Å². The number of hydrogen-bond acceptors (Lipinski definition) is 0. The van der Waals surface area contributed by atoms with Crippen molar-refractivity contribution in [3.05, 3.63) is 53.5 Å². The molecular formula is C17H16FN. The molecule has 1 aromatic heterocycles. The van der Waals surface area contributed by atoms with Crippen molar-refractivity contribution in [3.8, 4) is 0 Å². The summed E-state index contributed by atoms with van der Waals surface area (Å²) in [7, 11) is 0. The second-order valence-corrected chi connectivity index (χ2v) is 5.40. The minimum absolute atomic E-state index is 0.0602. The number of aryl methyl sites for hydroxylation is 2. The summed E-state index contributed by atoms with van der Waals surface area (Å²) in [6.45, 7) is 1.05. The van der Waals surface area contributed by atoms with Crippen molar-refractivity contribution in [1.82, 2.24) is 4.57 Å². The van der Waals surface area contributed by atoms with Gasteiger partial charge >= 0.3 is 0 Å².